The molecule has 0 N–H and O–H groups in total. The van der Waals surface area contributed by atoms with Crippen LogP contribution in [0.25, 0.3) is 0 Å². The maximum atomic E-state index is 2.35. The van der Waals surface area contributed by atoms with Gasteiger partial charge >= 0.3 is 0 Å². The number of benzene rings is 2. The van der Waals surface area contributed by atoms with E-state index in [9.17, 15) is 0 Å². The van der Waals surface area contributed by atoms with E-state index in [-0.39, 0.29) is 0 Å². The summed E-state index contributed by atoms with van der Waals surface area (Å²) in [6, 6.07) is 17.8. The fourth-order valence-electron chi connectivity index (χ4n) is 4.14. The van der Waals surface area contributed by atoms with Crippen LogP contribution in [0.1, 0.15) is 49.7 Å². The highest BCUT2D eigenvalue weighted by Gasteiger charge is 2.25. The van der Waals surface area contributed by atoms with Gasteiger partial charge in [0, 0.05) is 23.8 Å². The molecule has 0 bridgehead atoms. The maximum absolute atomic E-state index is 2.35. The number of hydrogen-bond acceptors (Lipinski definition) is 2. The second-order valence-corrected chi connectivity index (χ2v) is 7.10. The van der Waals surface area contributed by atoms with Crippen molar-refractivity contribution in [3.8, 4) is 0 Å². The molecule has 1 atom stereocenters. The summed E-state index contributed by atoms with van der Waals surface area (Å²) in [4.78, 5) is 4.70. The molecule has 0 spiro atoms. The quantitative estimate of drug-likeness (QED) is 0.706. The van der Waals surface area contributed by atoms with Crippen LogP contribution in [0, 0.1) is 6.92 Å². The second kappa shape index (κ2) is 6.35. The van der Waals surface area contributed by atoms with E-state index in [1.807, 2.05) is 0 Å². The Morgan fingerprint density at radius 2 is 1.50 bits per heavy atom. The zero-order valence-corrected chi connectivity index (χ0v) is 14.7. The molecule has 24 heavy (non-hydrogen) atoms. The van der Waals surface area contributed by atoms with Crippen molar-refractivity contribution in [2.45, 2.75) is 51.6 Å². The molecule has 1 saturated carbocycles. The largest absolute Gasteiger partial charge is 0.326 e. The van der Waals surface area contributed by atoms with Crippen molar-refractivity contribution >= 4 is 11.4 Å². The molecule has 0 saturated heterocycles. The Morgan fingerprint density at radius 1 is 0.833 bits per heavy atom. The molecular formula is C22H26N2. The first-order valence-corrected chi connectivity index (χ1v) is 9.14. The fraction of sp³-hybridized carbons (Fsp3) is 0.364. The molecule has 1 aliphatic heterocycles. The molecule has 4 rings (SSSR count). The molecule has 2 aromatic rings. The summed E-state index contributed by atoms with van der Waals surface area (Å²) < 4.78 is 0. The Balaban J connectivity index is 1.53. The topological polar surface area (TPSA) is 6.48 Å². The minimum atomic E-state index is 0.295. The number of rotatable bonds is 3. The van der Waals surface area contributed by atoms with Crippen molar-refractivity contribution in [3.63, 3.8) is 0 Å². The monoisotopic (exact) mass is 318 g/mol. The van der Waals surface area contributed by atoms with Gasteiger partial charge in [-0.05, 0) is 61.9 Å². The third-order valence-corrected chi connectivity index (χ3v) is 5.60. The van der Waals surface area contributed by atoms with Gasteiger partial charge in [-0.3, -0.25) is 0 Å². The van der Waals surface area contributed by atoms with Crippen LogP contribution in [-0.2, 0) is 0 Å². The van der Waals surface area contributed by atoms with Gasteiger partial charge in [0.15, 0.2) is 0 Å². The molecule has 2 nitrogen and oxygen atoms in total. The van der Waals surface area contributed by atoms with Crippen molar-refractivity contribution in [1.82, 2.24) is 0 Å². The van der Waals surface area contributed by atoms with Crippen molar-refractivity contribution in [2.75, 3.05) is 9.80 Å². The van der Waals surface area contributed by atoms with Crippen LogP contribution in [-0.4, -0.2) is 6.17 Å². The van der Waals surface area contributed by atoms with Crippen molar-refractivity contribution in [1.29, 1.82) is 0 Å². The zero-order chi connectivity index (χ0) is 16.5. The van der Waals surface area contributed by atoms with Gasteiger partial charge in [-0.15, -0.1) is 0 Å². The smallest absolute Gasteiger partial charge is 0.107 e. The van der Waals surface area contributed by atoms with Crippen LogP contribution >= 0.6 is 0 Å². The van der Waals surface area contributed by atoms with E-state index in [1.54, 1.807) is 0 Å². The van der Waals surface area contributed by atoms with Crippen molar-refractivity contribution in [2.24, 2.45) is 0 Å². The Hall–Kier alpha value is -2.22. The molecule has 1 fully saturated rings. The van der Waals surface area contributed by atoms with Gasteiger partial charge < -0.3 is 9.80 Å². The standard InChI is InChI=1S/C22H26N2/c1-17-7-3-6-10-22(17)24-16-15-23(18(24)2)21-13-11-20(12-14-21)19-8-4-5-9-19/h3,6-7,10-16,18-19H,4-5,8-9H2,1-2H3. The Kier molecular flexibility index (Phi) is 4.05. The molecule has 1 aliphatic carbocycles. The first kappa shape index (κ1) is 15.3. The molecule has 2 aliphatic rings. The summed E-state index contributed by atoms with van der Waals surface area (Å²) in [7, 11) is 0. The first-order chi connectivity index (χ1) is 11.7. The SMILES string of the molecule is Cc1ccccc1N1C=CN(c2ccc(C3CCCC3)cc2)C1C. The lowest BCUT2D eigenvalue weighted by molar-refractivity contribution is 0.721. The van der Waals surface area contributed by atoms with Gasteiger partial charge in [-0.1, -0.05) is 43.2 Å². The average Bonchev–Trinajstić information content (AvgIpc) is 3.26. The summed E-state index contributed by atoms with van der Waals surface area (Å²) in [6.45, 7) is 4.44. The summed E-state index contributed by atoms with van der Waals surface area (Å²) in [5.74, 6) is 0.786. The lowest BCUT2D eigenvalue weighted by atomic mass is 9.97. The third-order valence-electron chi connectivity index (χ3n) is 5.60. The molecule has 124 valence electrons. The predicted molar refractivity (Wildman–Crippen MR) is 102 cm³/mol. The molecule has 1 unspecified atom stereocenters. The fourth-order valence-corrected chi connectivity index (χ4v) is 4.14. The molecule has 0 radical (unpaired) electrons. The normalized spacial score (nSPS) is 21.0. The van der Waals surface area contributed by atoms with Crippen LogP contribution in [0.4, 0.5) is 11.4 Å². The van der Waals surface area contributed by atoms with E-state index < -0.39 is 0 Å². The zero-order valence-electron chi connectivity index (χ0n) is 14.7. The average molecular weight is 318 g/mol. The summed E-state index contributed by atoms with van der Waals surface area (Å²) in [5.41, 5.74) is 5.39. The van der Waals surface area contributed by atoms with Gasteiger partial charge in [0.1, 0.15) is 6.17 Å². The van der Waals surface area contributed by atoms with E-state index in [0.717, 1.165) is 5.92 Å². The highest BCUT2D eigenvalue weighted by molar-refractivity contribution is 5.63. The van der Waals surface area contributed by atoms with E-state index in [0.29, 0.717) is 6.17 Å². The van der Waals surface area contributed by atoms with Gasteiger partial charge in [-0.25, -0.2) is 0 Å². The molecule has 0 amide bonds. The Morgan fingerprint density at radius 3 is 2.21 bits per heavy atom. The summed E-state index contributed by atoms with van der Waals surface area (Å²) in [6.07, 6.45) is 10.2. The maximum Gasteiger partial charge on any atom is 0.107 e. The first-order valence-electron chi connectivity index (χ1n) is 9.14. The second-order valence-electron chi connectivity index (χ2n) is 7.10. The molecule has 2 heteroatoms. The highest BCUT2D eigenvalue weighted by Crippen LogP contribution is 2.36. The lowest BCUT2D eigenvalue weighted by Gasteiger charge is -2.31. The van der Waals surface area contributed by atoms with Gasteiger partial charge in [0.05, 0.1) is 0 Å². The van der Waals surface area contributed by atoms with Crippen LogP contribution in [0.5, 0.6) is 0 Å². The van der Waals surface area contributed by atoms with Crippen LogP contribution in [0.15, 0.2) is 60.9 Å². The Bertz CT molecular complexity index is 726. The number of hydrogen-bond donors (Lipinski definition) is 0. The van der Waals surface area contributed by atoms with E-state index in [4.69, 9.17) is 0 Å². The molecule has 2 aromatic carbocycles. The van der Waals surface area contributed by atoms with E-state index in [2.05, 4.69) is 84.6 Å². The van der Waals surface area contributed by atoms with Crippen LogP contribution in [0.3, 0.4) is 0 Å². The van der Waals surface area contributed by atoms with Gasteiger partial charge in [0.25, 0.3) is 0 Å². The lowest BCUT2D eigenvalue weighted by Crippen LogP contribution is -2.36. The molecule has 0 aromatic heterocycles. The van der Waals surface area contributed by atoms with Crippen molar-refractivity contribution < 1.29 is 0 Å². The van der Waals surface area contributed by atoms with Crippen LogP contribution in [0.2, 0.25) is 0 Å². The van der Waals surface area contributed by atoms with Gasteiger partial charge in [0.2, 0.25) is 0 Å². The number of para-hydroxylation sites is 1. The molecule has 1 heterocycles. The minimum Gasteiger partial charge on any atom is -0.326 e. The van der Waals surface area contributed by atoms with Crippen molar-refractivity contribution in [3.05, 3.63) is 72.1 Å². The Labute approximate surface area is 145 Å². The predicted octanol–water partition coefficient (Wildman–Crippen LogP) is 5.80. The number of aryl methyl sites for hydroxylation is 1. The van der Waals surface area contributed by atoms with E-state index >= 15 is 0 Å². The van der Waals surface area contributed by atoms with Gasteiger partial charge in [-0.2, -0.15) is 0 Å². The molecular weight excluding hydrogens is 292 g/mol. The summed E-state index contributed by atoms with van der Waals surface area (Å²) in [5, 5.41) is 0. The van der Waals surface area contributed by atoms with E-state index in [1.165, 1.54) is 48.2 Å². The number of anilines is 2. The minimum absolute atomic E-state index is 0.295. The highest BCUT2D eigenvalue weighted by atomic mass is 15.4. The summed E-state index contributed by atoms with van der Waals surface area (Å²) >= 11 is 0. The third kappa shape index (κ3) is 2.71. The van der Waals surface area contributed by atoms with Crippen LogP contribution < -0.4 is 9.80 Å². The number of nitrogens with zero attached hydrogens (tertiary/aromatic N) is 2.